The van der Waals surface area contributed by atoms with Crippen LogP contribution in [-0.4, -0.2) is 36.8 Å². The molecule has 0 saturated carbocycles. The van der Waals surface area contributed by atoms with E-state index in [1.807, 2.05) is 12.1 Å². The van der Waals surface area contributed by atoms with E-state index >= 15 is 0 Å². The molecule has 0 aromatic heterocycles. The molecular weight excluding hydrogens is 268 g/mol. The first-order valence-corrected chi connectivity index (χ1v) is 4.55. The van der Waals surface area contributed by atoms with Gasteiger partial charge in [0.05, 0.1) is 19.5 Å². The number of halogens is 1. The van der Waals surface area contributed by atoms with Gasteiger partial charge in [-0.15, -0.1) is 12.1 Å². The second kappa shape index (κ2) is 10.6. The molecule has 0 amide bonds. The summed E-state index contributed by atoms with van der Waals surface area (Å²) in [4.78, 5) is 0. The summed E-state index contributed by atoms with van der Waals surface area (Å²) in [5.41, 5.74) is 0. The molecule has 0 saturated heterocycles. The summed E-state index contributed by atoms with van der Waals surface area (Å²) in [6, 6.07) is 8.42. The Balaban J connectivity index is 0. The molecule has 2 nitrogen and oxygen atoms in total. The number of hydrogen-bond donors (Lipinski definition) is 0. The average molecular weight is 283 g/mol. The van der Waals surface area contributed by atoms with E-state index in [0.29, 0.717) is 0 Å². The number of ether oxygens (including phenoxy) is 2. The standard InChI is InChI=1S/C11H15O2.BrH.Mg/c1-3-4-9-13-11-8-6-5-7-10(11)12-2;;/h5,7-8H,3-4,9H2,1-2H3;1H;/q-1;;+2/p-1. The molecule has 15 heavy (non-hydrogen) atoms. The number of unbranched alkanes of at least 4 members (excludes halogenated alkanes) is 1. The summed E-state index contributed by atoms with van der Waals surface area (Å²) < 4.78 is 10.6. The molecule has 1 aromatic carbocycles. The maximum atomic E-state index is 5.51. The monoisotopic (exact) mass is 282 g/mol. The smallest absolute Gasteiger partial charge is 1.00 e. The molecule has 0 aliphatic carbocycles. The fraction of sp³-hybridized carbons (Fsp3) is 0.455. The summed E-state index contributed by atoms with van der Waals surface area (Å²) >= 11 is 0. The third kappa shape index (κ3) is 6.27. The van der Waals surface area contributed by atoms with Crippen molar-refractivity contribution < 1.29 is 26.5 Å². The van der Waals surface area contributed by atoms with E-state index in [4.69, 9.17) is 9.47 Å². The quantitative estimate of drug-likeness (QED) is 0.404. The Labute approximate surface area is 118 Å². The van der Waals surface area contributed by atoms with Crippen molar-refractivity contribution in [2.45, 2.75) is 19.8 Å². The van der Waals surface area contributed by atoms with Crippen LogP contribution in [0.2, 0.25) is 0 Å². The molecule has 0 bridgehead atoms. The summed E-state index contributed by atoms with van der Waals surface area (Å²) in [7, 11) is 1.64. The molecule has 0 heterocycles. The molecule has 0 aliphatic heterocycles. The maximum absolute atomic E-state index is 5.51. The second-order valence-electron chi connectivity index (χ2n) is 2.78. The molecule has 4 heteroatoms. The van der Waals surface area contributed by atoms with Gasteiger partial charge in [0, 0.05) is 5.75 Å². The summed E-state index contributed by atoms with van der Waals surface area (Å²) in [6.07, 6.45) is 2.21. The molecule has 0 N–H and O–H groups in total. The van der Waals surface area contributed by atoms with Gasteiger partial charge in [-0.05, 0) is 6.42 Å². The SMILES string of the molecule is CCCCOc1c[c-]ccc1OC.[Br-].[Mg+2]. The molecule has 1 aromatic rings. The Morgan fingerprint density at radius 2 is 2.07 bits per heavy atom. The first-order valence-electron chi connectivity index (χ1n) is 4.55. The van der Waals surface area contributed by atoms with E-state index < -0.39 is 0 Å². The predicted molar refractivity (Wildman–Crippen MR) is 58.0 cm³/mol. The third-order valence-electron chi connectivity index (χ3n) is 1.76. The van der Waals surface area contributed by atoms with E-state index in [2.05, 4.69) is 13.0 Å². The van der Waals surface area contributed by atoms with Gasteiger partial charge in [-0.25, -0.2) is 0 Å². The van der Waals surface area contributed by atoms with Gasteiger partial charge in [0.25, 0.3) is 0 Å². The topological polar surface area (TPSA) is 18.5 Å². The van der Waals surface area contributed by atoms with E-state index in [1.54, 1.807) is 13.2 Å². The molecule has 0 spiro atoms. The van der Waals surface area contributed by atoms with E-state index in [0.717, 1.165) is 30.9 Å². The van der Waals surface area contributed by atoms with Gasteiger partial charge in [-0.2, -0.15) is 12.1 Å². The summed E-state index contributed by atoms with van der Waals surface area (Å²) in [5, 5.41) is 0. The third-order valence-corrected chi connectivity index (χ3v) is 1.76. The minimum absolute atomic E-state index is 0. The Kier molecular flexibility index (Phi) is 12.3. The van der Waals surface area contributed by atoms with Gasteiger partial charge >= 0.3 is 23.1 Å². The second-order valence-corrected chi connectivity index (χ2v) is 2.78. The van der Waals surface area contributed by atoms with Crippen LogP contribution < -0.4 is 26.5 Å². The van der Waals surface area contributed by atoms with Crippen molar-refractivity contribution in [3.63, 3.8) is 0 Å². The fourth-order valence-electron chi connectivity index (χ4n) is 1.01. The Morgan fingerprint density at radius 3 is 2.67 bits per heavy atom. The van der Waals surface area contributed by atoms with Crippen LogP contribution in [0.25, 0.3) is 0 Å². The van der Waals surface area contributed by atoms with Crippen molar-refractivity contribution in [2.75, 3.05) is 13.7 Å². The largest absolute Gasteiger partial charge is 2.00 e. The van der Waals surface area contributed by atoms with Gasteiger partial charge in [0.2, 0.25) is 0 Å². The minimum Gasteiger partial charge on any atom is -1.00 e. The van der Waals surface area contributed by atoms with Gasteiger partial charge in [-0.1, -0.05) is 13.3 Å². The summed E-state index contributed by atoms with van der Waals surface area (Å²) in [6.45, 7) is 2.88. The Morgan fingerprint density at radius 1 is 1.33 bits per heavy atom. The molecule has 0 unspecified atom stereocenters. The predicted octanol–water partition coefficient (Wildman–Crippen LogP) is -0.703. The maximum Gasteiger partial charge on any atom is 2.00 e. The van der Waals surface area contributed by atoms with Crippen LogP contribution >= 0.6 is 0 Å². The summed E-state index contributed by atoms with van der Waals surface area (Å²) in [5.74, 6) is 1.55. The van der Waals surface area contributed by atoms with Crippen LogP contribution in [0.15, 0.2) is 18.2 Å². The van der Waals surface area contributed by atoms with E-state index in [-0.39, 0.29) is 40.0 Å². The molecule has 0 atom stereocenters. The van der Waals surface area contributed by atoms with Gasteiger partial charge < -0.3 is 26.5 Å². The van der Waals surface area contributed by atoms with Crippen LogP contribution in [0, 0.1) is 6.07 Å². The van der Waals surface area contributed by atoms with Crippen molar-refractivity contribution in [3.8, 4) is 11.5 Å². The van der Waals surface area contributed by atoms with Gasteiger partial charge in [0.1, 0.15) is 0 Å². The molecular formula is C11H15BrMgO2. The molecule has 1 rings (SSSR count). The van der Waals surface area contributed by atoms with Crippen LogP contribution in [0.4, 0.5) is 0 Å². The Hall–Kier alpha value is 0.0662. The van der Waals surface area contributed by atoms with Crippen molar-refractivity contribution >= 4 is 23.1 Å². The normalized spacial score (nSPS) is 8.40. The number of benzene rings is 1. The van der Waals surface area contributed by atoms with Crippen LogP contribution in [0.1, 0.15) is 19.8 Å². The molecule has 0 radical (unpaired) electrons. The first-order chi connectivity index (χ1) is 6.38. The van der Waals surface area contributed by atoms with E-state index in [9.17, 15) is 0 Å². The van der Waals surface area contributed by atoms with Crippen molar-refractivity contribution in [3.05, 3.63) is 24.3 Å². The van der Waals surface area contributed by atoms with Crippen molar-refractivity contribution in [2.24, 2.45) is 0 Å². The molecule has 0 aliphatic rings. The zero-order chi connectivity index (χ0) is 9.52. The molecule has 80 valence electrons. The zero-order valence-corrected chi connectivity index (χ0v) is 12.3. The van der Waals surface area contributed by atoms with Crippen LogP contribution in [0.5, 0.6) is 11.5 Å². The van der Waals surface area contributed by atoms with Crippen LogP contribution in [-0.2, 0) is 0 Å². The van der Waals surface area contributed by atoms with Crippen molar-refractivity contribution in [1.82, 2.24) is 0 Å². The fourth-order valence-corrected chi connectivity index (χ4v) is 1.01. The minimum atomic E-state index is 0. The van der Waals surface area contributed by atoms with Gasteiger partial charge in [-0.3, -0.25) is 0 Å². The number of rotatable bonds is 5. The number of hydrogen-bond acceptors (Lipinski definition) is 2. The van der Waals surface area contributed by atoms with Gasteiger partial charge in [0.15, 0.2) is 0 Å². The van der Waals surface area contributed by atoms with Crippen molar-refractivity contribution in [1.29, 1.82) is 0 Å². The number of methoxy groups -OCH3 is 1. The zero-order valence-electron chi connectivity index (χ0n) is 9.25. The van der Waals surface area contributed by atoms with E-state index in [1.165, 1.54) is 0 Å². The van der Waals surface area contributed by atoms with Crippen LogP contribution in [0.3, 0.4) is 0 Å². The molecule has 0 fully saturated rings. The average Bonchev–Trinajstić information content (AvgIpc) is 2.19. The Bertz CT molecular complexity index is 256. The first kappa shape index (κ1) is 17.5.